The third-order valence-electron chi connectivity index (χ3n) is 2.88. The lowest BCUT2D eigenvalue weighted by molar-refractivity contribution is 0.464. The second kappa shape index (κ2) is 5.55. The summed E-state index contributed by atoms with van der Waals surface area (Å²) in [6.45, 7) is 4.61. The summed E-state index contributed by atoms with van der Waals surface area (Å²) in [5.41, 5.74) is 2.20. The molecule has 0 amide bonds. The van der Waals surface area contributed by atoms with Gasteiger partial charge in [0.05, 0.1) is 0 Å². The molecule has 0 aliphatic heterocycles. The fourth-order valence-electron chi connectivity index (χ4n) is 1.90. The number of nitrogens with one attached hydrogen (secondary N) is 1. The Kier molecular flexibility index (Phi) is 3.83. The summed E-state index contributed by atoms with van der Waals surface area (Å²) in [4.78, 5) is 0. The van der Waals surface area contributed by atoms with Crippen LogP contribution < -0.4 is 5.32 Å². The fourth-order valence-corrected chi connectivity index (χ4v) is 1.90. The Hall–Kier alpha value is -1.74. The molecular formula is C14H18N2O. The molecule has 0 bridgehead atoms. The zero-order chi connectivity index (χ0) is 12.1. The van der Waals surface area contributed by atoms with Crippen molar-refractivity contribution in [3.63, 3.8) is 0 Å². The minimum Gasteiger partial charge on any atom is -0.508 e. The molecule has 3 heteroatoms. The lowest BCUT2D eigenvalue weighted by Gasteiger charge is -2.09. The van der Waals surface area contributed by atoms with E-state index in [-0.39, 0.29) is 0 Å². The molecule has 0 aliphatic rings. The first-order valence-electron chi connectivity index (χ1n) is 5.93. The van der Waals surface area contributed by atoms with Crippen LogP contribution in [-0.2, 0) is 19.6 Å². The number of aryl methyl sites for hydroxylation is 1. The van der Waals surface area contributed by atoms with Crippen molar-refractivity contribution in [1.29, 1.82) is 0 Å². The van der Waals surface area contributed by atoms with E-state index < -0.39 is 0 Å². The third kappa shape index (κ3) is 2.88. The molecule has 0 saturated carbocycles. The van der Waals surface area contributed by atoms with Crippen molar-refractivity contribution in [3.8, 4) is 5.75 Å². The fraction of sp³-hybridized carbons (Fsp3) is 0.286. The minimum atomic E-state index is 0.353. The van der Waals surface area contributed by atoms with Crippen LogP contribution in [0.3, 0.4) is 0 Å². The van der Waals surface area contributed by atoms with Gasteiger partial charge in [0.15, 0.2) is 0 Å². The van der Waals surface area contributed by atoms with Crippen LogP contribution in [0.15, 0.2) is 42.6 Å². The number of nitrogens with zero attached hydrogens (tertiary/aromatic N) is 1. The van der Waals surface area contributed by atoms with E-state index in [1.807, 2.05) is 18.2 Å². The average Bonchev–Trinajstić information content (AvgIpc) is 2.79. The first kappa shape index (κ1) is 11.7. The van der Waals surface area contributed by atoms with Crippen molar-refractivity contribution in [2.75, 3.05) is 0 Å². The molecule has 1 aromatic carbocycles. The summed E-state index contributed by atoms with van der Waals surface area (Å²) in [6.07, 6.45) is 2.08. The Morgan fingerprint density at radius 3 is 2.71 bits per heavy atom. The number of phenolic OH excluding ortho intramolecular Hbond substituents is 1. The molecule has 0 spiro atoms. The number of aromatic nitrogens is 1. The summed E-state index contributed by atoms with van der Waals surface area (Å²) < 4.78 is 2.21. The smallest absolute Gasteiger partial charge is 0.120 e. The molecule has 0 atom stereocenters. The number of phenols is 1. The third-order valence-corrected chi connectivity index (χ3v) is 2.88. The lowest BCUT2D eigenvalue weighted by atomic mass is 10.2. The van der Waals surface area contributed by atoms with E-state index in [0.29, 0.717) is 12.3 Å². The number of hydrogen-bond donors (Lipinski definition) is 2. The van der Waals surface area contributed by atoms with Gasteiger partial charge in [-0.3, -0.25) is 0 Å². The van der Waals surface area contributed by atoms with Gasteiger partial charge in [0.25, 0.3) is 0 Å². The minimum absolute atomic E-state index is 0.353. The number of benzene rings is 1. The number of para-hydroxylation sites is 1. The quantitative estimate of drug-likeness (QED) is 0.828. The lowest BCUT2D eigenvalue weighted by Crippen LogP contribution is -2.15. The normalized spacial score (nSPS) is 10.6. The molecule has 0 unspecified atom stereocenters. The molecule has 17 heavy (non-hydrogen) atoms. The first-order chi connectivity index (χ1) is 8.31. The molecule has 1 aromatic heterocycles. The molecule has 0 aliphatic carbocycles. The first-order valence-corrected chi connectivity index (χ1v) is 5.93. The van der Waals surface area contributed by atoms with Gasteiger partial charge in [0, 0.05) is 37.1 Å². The number of aromatic hydroxyl groups is 1. The molecule has 1 heterocycles. The number of hydrogen-bond acceptors (Lipinski definition) is 2. The Morgan fingerprint density at radius 1 is 1.12 bits per heavy atom. The maximum Gasteiger partial charge on any atom is 0.120 e. The summed E-state index contributed by atoms with van der Waals surface area (Å²) in [5, 5.41) is 13.0. The zero-order valence-electron chi connectivity index (χ0n) is 10.1. The summed E-state index contributed by atoms with van der Waals surface area (Å²) in [6, 6.07) is 11.6. The van der Waals surface area contributed by atoms with Gasteiger partial charge in [-0.2, -0.15) is 0 Å². The maximum atomic E-state index is 9.62. The van der Waals surface area contributed by atoms with Crippen LogP contribution in [0.2, 0.25) is 0 Å². The summed E-state index contributed by atoms with van der Waals surface area (Å²) in [5.74, 6) is 0.353. The van der Waals surface area contributed by atoms with Crippen LogP contribution in [0.4, 0.5) is 0 Å². The molecule has 90 valence electrons. The van der Waals surface area contributed by atoms with Gasteiger partial charge in [0.2, 0.25) is 0 Å². The largest absolute Gasteiger partial charge is 0.508 e. The van der Waals surface area contributed by atoms with Gasteiger partial charge in [-0.1, -0.05) is 18.2 Å². The second-order valence-electron chi connectivity index (χ2n) is 4.02. The standard InChI is InChI=1S/C14H18N2O/c1-2-16-9-5-7-13(16)11-15-10-12-6-3-4-8-14(12)17/h3-9,15,17H,2,10-11H2,1H3. The van der Waals surface area contributed by atoms with E-state index in [4.69, 9.17) is 0 Å². The Morgan fingerprint density at radius 2 is 1.94 bits per heavy atom. The Labute approximate surface area is 102 Å². The van der Waals surface area contributed by atoms with E-state index in [1.54, 1.807) is 6.07 Å². The zero-order valence-corrected chi connectivity index (χ0v) is 10.1. The van der Waals surface area contributed by atoms with Gasteiger partial charge in [-0.15, -0.1) is 0 Å². The van der Waals surface area contributed by atoms with Crippen molar-refractivity contribution < 1.29 is 5.11 Å². The monoisotopic (exact) mass is 230 g/mol. The number of rotatable bonds is 5. The maximum absolute atomic E-state index is 9.62. The Balaban J connectivity index is 1.90. The van der Waals surface area contributed by atoms with Crippen LogP contribution in [0.25, 0.3) is 0 Å². The van der Waals surface area contributed by atoms with Crippen LogP contribution in [0, 0.1) is 0 Å². The second-order valence-corrected chi connectivity index (χ2v) is 4.02. The van der Waals surface area contributed by atoms with Gasteiger partial charge >= 0.3 is 0 Å². The van der Waals surface area contributed by atoms with Crippen molar-refractivity contribution in [2.24, 2.45) is 0 Å². The van der Waals surface area contributed by atoms with Gasteiger partial charge in [-0.05, 0) is 25.1 Å². The highest BCUT2D eigenvalue weighted by Gasteiger charge is 2.01. The molecule has 2 rings (SSSR count). The van der Waals surface area contributed by atoms with Crippen molar-refractivity contribution >= 4 is 0 Å². The Bertz CT molecular complexity index is 477. The van der Waals surface area contributed by atoms with Crippen molar-refractivity contribution in [1.82, 2.24) is 9.88 Å². The highest BCUT2D eigenvalue weighted by molar-refractivity contribution is 5.31. The molecule has 0 radical (unpaired) electrons. The topological polar surface area (TPSA) is 37.2 Å². The van der Waals surface area contributed by atoms with Crippen molar-refractivity contribution in [2.45, 2.75) is 26.6 Å². The molecular weight excluding hydrogens is 212 g/mol. The van der Waals surface area contributed by atoms with Crippen molar-refractivity contribution in [3.05, 3.63) is 53.9 Å². The predicted octanol–water partition coefficient (Wildman–Crippen LogP) is 2.50. The average molecular weight is 230 g/mol. The van der Waals surface area contributed by atoms with Crippen LogP contribution in [0.5, 0.6) is 5.75 Å². The molecule has 2 N–H and O–H groups in total. The highest BCUT2D eigenvalue weighted by atomic mass is 16.3. The molecule has 3 nitrogen and oxygen atoms in total. The summed E-state index contributed by atoms with van der Waals surface area (Å²) in [7, 11) is 0. The van der Waals surface area contributed by atoms with Crippen LogP contribution >= 0.6 is 0 Å². The van der Waals surface area contributed by atoms with E-state index in [0.717, 1.165) is 18.7 Å². The molecule has 2 aromatic rings. The SMILES string of the molecule is CCn1cccc1CNCc1ccccc1O. The van der Waals surface area contributed by atoms with E-state index in [9.17, 15) is 5.11 Å². The van der Waals surface area contributed by atoms with E-state index in [1.165, 1.54) is 5.69 Å². The van der Waals surface area contributed by atoms with Crippen LogP contribution in [0.1, 0.15) is 18.2 Å². The molecule has 0 fully saturated rings. The van der Waals surface area contributed by atoms with E-state index in [2.05, 4.69) is 35.1 Å². The van der Waals surface area contributed by atoms with Gasteiger partial charge in [-0.25, -0.2) is 0 Å². The van der Waals surface area contributed by atoms with E-state index >= 15 is 0 Å². The van der Waals surface area contributed by atoms with Crippen LogP contribution in [-0.4, -0.2) is 9.67 Å². The predicted molar refractivity (Wildman–Crippen MR) is 68.8 cm³/mol. The van der Waals surface area contributed by atoms with Gasteiger partial charge in [0.1, 0.15) is 5.75 Å². The van der Waals surface area contributed by atoms with Gasteiger partial charge < -0.3 is 15.0 Å². The highest BCUT2D eigenvalue weighted by Crippen LogP contribution is 2.15. The molecule has 0 saturated heterocycles. The summed E-state index contributed by atoms with van der Waals surface area (Å²) >= 11 is 0.